The molecule has 0 aromatic heterocycles. The van der Waals surface area contributed by atoms with Crippen molar-refractivity contribution in [1.29, 1.82) is 0 Å². The summed E-state index contributed by atoms with van der Waals surface area (Å²) in [5.74, 6) is -2.48. The topological polar surface area (TPSA) is 24.5 Å². The standard InChI is InChI=1S/C11H20F2N2O/c12-11(13)3-6-15(9-11)7-8-16-10-1-4-14-5-2-10/h10,14H,1-9H2. The van der Waals surface area contributed by atoms with E-state index in [-0.39, 0.29) is 13.0 Å². The fraction of sp³-hybridized carbons (Fsp3) is 1.00. The molecule has 0 bridgehead atoms. The Bertz CT molecular complexity index is 220. The fourth-order valence-electron chi connectivity index (χ4n) is 2.31. The molecule has 0 atom stereocenters. The molecular formula is C11H20F2N2O. The molecule has 0 unspecified atom stereocenters. The van der Waals surface area contributed by atoms with Crippen molar-refractivity contribution in [3.8, 4) is 0 Å². The van der Waals surface area contributed by atoms with E-state index in [4.69, 9.17) is 4.74 Å². The van der Waals surface area contributed by atoms with Crippen molar-refractivity contribution in [2.24, 2.45) is 0 Å². The van der Waals surface area contributed by atoms with Crippen LogP contribution >= 0.6 is 0 Å². The summed E-state index contributed by atoms with van der Waals surface area (Å²) in [6.07, 6.45) is 2.40. The van der Waals surface area contributed by atoms with Gasteiger partial charge in [0.2, 0.25) is 0 Å². The predicted molar refractivity (Wildman–Crippen MR) is 57.8 cm³/mol. The molecule has 2 heterocycles. The highest BCUT2D eigenvalue weighted by Gasteiger charge is 2.37. The monoisotopic (exact) mass is 234 g/mol. The number of halogens is 2. The second-order valence-electron chi connectivity index (χ2n) is 4.70. The van der Waals surface area contributed by atoms with Crippen molar-refractivity contribution in [3.63, 3.8) is 0 Å². The lowest BCUT2D eigenvalue weighted by Gasteiger charge is -2.24. The molecule has 16 heavy (non-hydrogen) atoms. The smallest absolute Gasteiger partial charge is 0.261 e. The maximum atomic E-state index is 12.9. The van der Waals surface area contributed by atoms with E-state index >= 15 is 0 Å². The Morgan fingerprint density at radius 1 is 1.31 bits per heavy atom. The Labute approximate surface area is 95.1 Å². The van der Waals surface area contributed by atoms with Gasteiger partial charge in [-0.15, -0.1) is 0 Å². The summed E-state index contributed by atoms with van der Waals surface area (Å²) in [5.41, 5.74) is 0. The number of piperidine rings is 1. The lowest BCUT2D eigenvalue weighted by molar-refractivity contribution is -0.000648. The van der Waals surface area contributed by atoms with Gasteiger partial charge in [-0.3, -0.25) is 4.90 Å². The molecule has 0 spiro atoms. The van der Waals surface area contributed by atoms with E-state index in [1.165, 1.54) is 0 Å². The maximum Gasteiger partial charge on any atom is 0.261 e. The molecule has 0 aliphatic carbocycles. The zero-order valence-corrected chi connectivity index (χ0v) is 9.55. The number of hydrogen-bond acceptors (Lipinski definition) is 3. The van der Waals surface area contributed by atoms with Crippen molar-refractivity contribution in [2.75, 3.05) is 39.3 Å². The van der Waals surface area contributed by atoms with Crippen LogP contribution in [0.1, 0.15) is 19.3 Å². The summed E-state index contributed by atoms with van der Waals surface area (Å²) in [5, 5.41) is 3.27. The van der Waals surface area contributed by atoms with Crippen LogP contribution in [-0.2, 0) is 4.74 Å². The largest absolute Gasteiger partial charge is 0.377 e. The molecule has 2 saturated heterocycles. The van der Waals surface area contributed by atoms with Gasteiger partial charge in [0.15, 0.2) is 0 Å². The van der Waals surface area contributed by atoms with Crippen molar-refractivity contribution >= 4 is 0 Å². The molecule has 5 heteroatoms. The molecule has 2 rings (SSSR count). The zero-order chi connectivity index (χ0) is 11.4. The predicted octanol–water partition coefficient (Wildman–Crippen LogP) is 1.10. The summed E-state index contributed by atoms with van der Waals surface area (Å²) in [6, 6.07) is 0. The minimum absolute atomic E-state index is 0.000346. The first-order valence-electron chi connectivity index (χ1n) is 6.08. The first-order chi connectivity index (χ1) is 7.66. The normalized spacial score (nSPS) is 27.4. The van der Waals surface area contributed by atoms with E-state index in [0.717, 1.165) is 25.9 Å². The quantitative estimate of drug-likeness (QED) is 0.788. The molecule has 94 valence electrons. The maximum absolute atomic E-state index is 12.9. The van der Waals surface area contributed by atoms with Gasteiger partial charge in [0.05, 0.1) is 19.3 Å². The van der Waals surface area contributed by atoms with Crippen LogP contribution in [0.4, 0.5) is 8.78 Å². The van der Waals surface area contributed by atoms with E-state index in [1.807, 2.05) is 0 Å². The second-order valence-corrected chi connectivity index (χ2v) is 4.70. The van der Waals surface area contributed by atoms with E-state index in [0.29, 0.717) is 25.8 Å². The summed E-state index contributed by atoms with van der Waals surface area (Å²) in [7, 11) is 0. The van der Waals surface area contributed by atoms with Crippen LogP contribution in [0, 0.1) is 0 Å². The highest BCUT2D eigenvalue weighted by molar-refractivity contribution is 4.81. The van der Waals surface area contributed by atoms with Gasteiger partial charge >= 0.3 is 0 Å². The number of rotatable bonds is 4. The van der Waals surface area contributed by atoms with Gasteiger partial charge in [-0.2, -0.15) is 0 Å². The molecular weight excluding hydrogens is 214 g/mol. The lowest BCUT2D eigenvalue weighted by atomic mass is 10.1. The Balaban J connectivity index is 1.58. The van der Waals surface area contributed by atoms with Crippen molar-refractivity contribution in [3.05, 3.63) is 0 Å². The first-order valence-corrected chi connectivity index (χ1v) is 6.08. The molecule has 2 aliphatic heterocycles. The summed E-state index contributed by atoms with van der Waals surface area (Å²) in [4.78, 5) is 1.79. The third kappa shape index (κ3) is 3.64. The van der Waals surface area contributed by atoms with E-state index in [2.05, 4.69) is 5.32 Å². The fourth-order valence-corrected chi connectivity index (χ4v) is 2.31. The Morgan fingerprint density at radius 2 is 2.06 bits per heavy atom. The van der Waals surface area contributed by atoms with E-state index < -0.39 is 5.92 Å². The molecule has 1 N–H and O–H groups in total. The van der Waals surface area contributed by atoms with Gasteiger partial charge in [-0.1, -0.05) is 0 Å². The van der Waals surface area contributed by atoms with E-state index in [9.17, 15) is 8.78 Å². The van der Waals surface area contributed by atoms with Crippen LogP contribution in [0.5, 0.6) is 0 Å². The average molecular weight is 234 g/mol. The summed E-state index contributed by atoms with van der Waals surface area (Å²) in [6.45, 7) is 3.64. The van der Waals surface area contributed by atoms with Crippen LogP contribution in [0.3, 0.4) is 0 Å². The van der Waals surface area contributed by atoms with Crippen LogP contribution < -0.4 is 5.32 Å². The Hall–Kier alpha value is -0.260. The molecule has 0 radical (unpaired) electrons. The van der Waals surface area contributed by atoms with Gasteiger partial charge in [0.25, 0.3) is 5.92 Å². The number of nitrogens with zero attached hydrogens (tertiary/aromatic N) is 1. The van der Waals surface area contributed by atoms with Gasteiger partial charge in [-0.05, 0) is 25.9 Å². The molecule has 2 fully saturated rings. The highest BCUT2D eigenvalue weighted by atomic mass is 19.3. The average Bonchev–Trinajstić information content (AvgIpc) is 2.60. The number of hydrogen-bond donors (Lipinski definition) is 1. The van der Waals surface area contributed by atoms with Crippen molar-refractivity contribution in [1.82, 2.24) is 10.2 Å². The minimum atomic E-state index is -2.48. The Morgan fingerprint density at radius 3 is 2.69 bits per heavy atom. The highest BCUT2D eigenvalue weighted by Crippen LogP contribution is 2.26. The van der Waals surface area contributed by atoms with Crippen LogP contribution in [0.25, 0.3) is 0 Å². The molecule has 0 aromatic rings. The SMILES string of the molecule is FC1(F)CCN(CCOC2CCNCC2)C1. The molecule has 0 saturated carbocycles. The first kappa shape index (κ1) is 12.2. The third-order valence-corrected chi connectivity index (χ3v) is 3.30. The van der Waals surface area contributed by atoms with E-state index in [1.54, 1.807) is 4.90 Å². The molecule has 3 nitrogen and oxygen atoms in total. The number of ether oxygens (including phenoxy) is 1. The Kier molecular flexibility index (Phi) is 4.10. The number of nitrogens with one attached hydrogen (secondary N) is 1. The van der Waals surface area contributed by atoms with Crippen molar-refractivity contribution in [2.45, 2.75) is 31.3 Å². The number of alkyl halides is 2. The lowest BCUT2D eigenvalue weighted by Crippen LogP contribution is -2.35. The van der Waals surface area contributed by atoms with Gasteiger partial charge in [0, 0.05) is 19.5 Å². The summed E-state index contributed by atoms with van der Waals surface area (Å²) < 4.78 is 31.5. The van der Waals surface area contributed by atoms with Gasteiger partial charge in [-0.25, -0.2) is 8.78 Å². The van der Waals surface area contributed by atoms with Crippen LogP contribution in [-0.4, -0.2) is 56.3 Å². The molecule has 0 amide bonds. The second kappa shape index (κ2) is 5.38. The molecule has 2 aliphatic rings. The third-order valence-electron chi connectivity index (χ3n) is 3.30. The van der Waals surface area contributed by atoms with Crippen molar-refractivity contribution < 1.29 is 13.5 Å². The summed E-state index contributed by atoms with van der Waals surface area (Å²) >= 11 is 0. The number of likely N-dealkylation sites (tertiary alicyclic amines) is 1. The van der Waals surface area contributed by atoms with Crippen LogP contribution in [0.2, 0.25) is 0 Å². The van der Waals surface area contributed by atoms with Crippen LogP contribution in [0.15, 0.2) is 0 Å². The zero-order valence-electron chi connectivity index (χ0n) is 9.55. The van der Waals surface area contributed by atoms with Gasteiger partial charge < -0.3 is 10.1 Å². The molecule has 0 aromatic carbocycles. The minimum Gasteiger partial charge on any atom is -0.377 e. The van der Waals surface area contributed by atoms with Gasteiger partial charge in [0.1, 0.15) is 0 Å².